The van der Waals surface area contributed by atoms with Crippen LogP contribution in [-0.4, -0.2) is 18.9 Å². The second kappa shape index (κ2) is 5.48. The Morgan fingerprint density at radius 3 is 2.57 bits per heavy atom. The number of hydrogen-bond donors (Lipinski definition) is 0. The molecule has 0 atom stereocenters. The largest absolute Gasteiger partial charge is 0.508 e. The van der Waals surface area contributed by atoms with Crippen molar-refractivity contribution >= 4 is 6.16 Å². The van der Waals surface area contributed by atoms with Gasteiger partial charge >= 0.3 is 6.16 Å². The van der Waals surface area contributed by atoms with Crippen LogP contribution in [0.4, 0.5) is 4.79 Å². The molecule has 0 aliphatic heterocycles. The maximum Gasteiger partial charge on any atom is 0.508 e. The van der Waals surface area contributed by atoms with E-state index in [0.29, 0.717) is 6.61 Å². The average Bonchev–Trinajstić information content (AvgIpc) is 2.19. The molecule has 14 heavy (non-hydrogen) atoms. The standard InChI is InChI=1S/C10H15NO3/c1-2-13-10(12)14-9-5-3-8(7-11)4-6-9/h8-9H,2-6H2,1H3/t8-,9-. The summed E-state index contributed by atoms with van der Waals surface area (Å²) in [5.74, 6) is 0.136. The fourth-order valence-corrected chi connectivity index (χ4v) is 1.60. The van der Waals surface area contributed by atoms with E-state index in [1.807, 2.05) is 0 Å². The molecule has 0 saturated heterocycles. The highest BCUT2D eigenvalue weighted by Crippen LogP contribution is 2.25. The fourth-order valence-electron chi connectivity index (χ4n) is 1.60. The van der Waals surface area contributed by atoms with E-state index in [-0.39, 0.29) is 12.0 Å². The van der Waals surface area contributed by atoms with Crippen molar-refractivity contribution in [2.75, 3.05) is 6.61 Å². The Labute approximate surface area is 83.8 Å². The van der Waals surface area contributed by atoms with Crippen LogP contribution in [0.5, 0.6) is 0 Å². The first kappa shape index (κ1) is 10.8. The molecule has 1 rings (SSSR count). The Morgan fingerprint density at radius 1 is 1.43 bits per heavy atom. The Hall–Kier alpha value is -1.24. The molecule has 0 aromatic rings. The molecule has 78 valence electrons. The minimum atomic E-state index is -0.590. The maximum atomic E-state index is 11.0. The highest BCUT2D eigenvalue weighted by Gasteiger charge is 2.23. The molecule has 1 saturated carbocycles. The first-order valence-corrected chi connectivity index (χ1v) is 4.99. The van der Waals surface area contributed by atoms with Crippen LogP contribution in [0.25, 0.3) is 0 Å². The zero-order chi connectivity index (χ0) is 10.4. The lowest BCUT2D eigenvalue weighted by Crippen LogP contribution is -2.24. The molecule has 1 aliphatic carbocycles. The summed E-state index contributed by atoms with van der Waals surface area (Å²) >= 11 is 0. The van der Waals surface area contributed by atoms with Crippen LogP contribution in [0.15, 0.2) is 0 Å². The van der Waals surface area contributed by atoms with Crippen molar-refractivity contribution in [3.63, 3.8) is 0 Å². The minimum Gasteiger partial charge on any atom is -0.435 e. The molecule has 0 unspecified atom stereocenters. The number of nitriles is 1. The first-order valence-electron chi connectivity index (χ1n) is 4.99. The second-order valence-corrected chi connectivity index (χ2v) is 3.40. The SMILES string of the molecule is CCOC(=O)O[C@H]1CC[C@H](C#N)CC1. The molecule has 0 heterocycles. The van der Waals surface area contributed by atoms with Gasteiger partial charge in [-0.15, -0.1) is 0 Å². The second-order valence-electron chi connectivity index (χ2n) is 3.40. The van der Waals surface area contributed by atoms with Crippen molar-refractivity contribution in [2.24, 2.45) is 5.92 Å². The molecule has 0 spiro atoms. The highest BCUT2D eigenvalue weighted by atomic mass is 16.7. The lowest BCUT2D eigenvalue weighted by molar-refractivity contribution is 0.0108. The molecular weight excluding hydrogens is 182 g/mol. The van der Waals surface area contributed by atoms with Crippen molar-refractivity contribution in [1.29, 1.82) is 5.26 Å². The van der Waals surface area contributed by atoms with E-state index in [9.17, 15) is 4.79 Å². The third-order valence-corrected chi connectivity index (χ3v) is 2.38. The summed E-state index contributed by atoms with van der Waals surface area (Å²) in [6, 6.07) is 2.23. The van der Waals surface area contributed by atoms with Crippen molar-refractivity contribution in [2.45, 2.75) is 38.7 Å². The Bertz CT molecular complexity index is 226. The van der Waals surface area contributed by atoms with E-state index in [2.05, 4.69) is 10.8 Å². The van der Waals surface area contributed by atoms with E-state index in [1.54, 1.807) is 6.92 Å². The molecule has 0 N–H and O–H groups in total. The van der Waals surface area contributed by atoms with Crippen molar-refractivity contribution in [3.8, 4) is 6.07 Å². The number of carbonyl (C=O) groups excluding carboxylic acids is 1. The molecular formula is C10H15NO3. The zero-order valence-electron chi connectivity index (χ0n) is 8.36. The monoisotopic (exact) mass is 197 g/mol. The third-order valence-electron chi connectivity index (χ3n) is 2.38. The summed E-state index contributed by atoms with van der Waals surface area (Å²) < 4.78 is 9.73. The van der Waals surface area contributed by atoms with Gasteiger partial charge in [0.05, 0.1) is 12.7 Å². The van der Waals surface area contributed by atoms with Crippen LogP contribution in [0.1, 0.15) is 32.6 Å². The predicted molar refractivity (Wildman–Crippen MR) is 49.5 cm³/mol. The van der Waals surface area contributed by atoms with Crippen LogP contribution in [0.2, 0.25) is 0 Å². The molecule has 4 nitrogen and oxygen atoms in total. The fraction of sp³-hybridized carbons (Fsp3) is 0.800. The summed E-state index contributed by atoms with van der Waals surface area (Å²) in [5.41, 5.74) is 0. The number of carbonyl (C=O) groups is 1. The maximum absolute atomic E-state index is 11.0. The van der Waals surface area contributed by atoms with E-state index in [1.165, 1.54) is 0 Å². The average molecular weight is 197 g/mol. The van der Waals surface area contributed by atoms with Gasteiger partial charge in [0.2, 0.25) is 0 Å². The topological polar surface area (TPSA) is 59.3 Å². The summed E-state index contributed by atoms with van der Waals surface area (Å²) in [6.07, 6.45) is 2.54. The quantitative estimate of drug-likeness (QED) is 0.637. The lowest BCUT2D eigenvalue weighted by Gasteiger charge is -2.24. The first-order chi connectivity index (χ1) is 6.76. The number of nitrogens with zero attached hydrogens (tertiary/aromatic N) is 1. The van der Waals surface area contributed by atoms with Crippen LogP contribution in [0, 0.1) is 17.2 Å². The van der Waals surface area contributed by atoms with Gasteiger partial charge in [0, 0.05) is 5.92 Å². The summed E-state index contributed by atoms with van der Waals surface area (Å²) in [7, 11) is 0. The van der Waals surface area contributed by atoms with E-state index in [4.69, 9.17) is 10.00 Å². The lowest BCUT2D eigenvalue weighted by atomic mass is 9.88. The van der Waals surface area contributed by atoms with Gasteiger partial charge < -0.3 is 9.47 Å². The smallest absolute Gasteiger partial charge is 0.435 e. The molecule has 0 amide bonds. The third kappa shape index (κ3) is 3.25. The van der Waals surface area contributed by atoms with E-state index >= 15 is 0 Å². The Balaban J connectivity index is 2.22. The molecule has 0 bridgehead atoms. The Kier molecular flexibility index (Phi) is 4.24. The molecule has 1 fully saturated rings. The van der Waals surface area contributed by atoms with Gasteiger partial charge in [-0.2, -0.15) is 5.26 Å². The summed E-state index contributed by atoms with van der Waals surface area (Å²) in [4.78, 5) is 11.0. The predicted octanol–water partition coefficient (Wildman–Crippen LogP) is 2.24. The van der Waals surface area contributed by atoms with Crippen LogP contribution in [0.3, 0.4) is 0 Å². The van der Waals surface area contributed by atoms with Crippen LogP contribution < -0.4 is 0 Å². The van der Waals surface area contributed by atoms with Crippen molar-refractivity contribution in [3.05, 3.63) is 0 Å². The van der Waals surface area contributed by atoms with Crippen LogP contribution in [-0.2, 0) is 9.47 Å². The number of hydrogen-bond acceptors (Lipinski definition) is 4. The highest BCUT2D eigenvalue weighted by molar-refractivity contribution is 5.60. The molecule has 0 aromatic carbocycles. The van der Waals surface area contributed by atoms with E-state index < -0.39 is 6.16 Å². The van der Waals surface area contributed by atoms with Gasteiger partial charge in [-0.25, -0.2) is 4.79 Å². The molecule has 0 aromatic heterocycles. The molecule has 0 radical (unpaired) electrons. The molecule has 1 aliphatic rings. The van der Waals surface area contributed by atoms with Crippen LogP contribution >= 0.6 is 0 Å². The summed E-state index contributed by atoms with van der Waals surface area (Å²) in [5, 5.41) is 8.66. The normalized spacial score (nSPS) is 26.3. The zero-order valence-corrected chi connectivity index (χ0v) is 8.36. The summed E-state index contributed by atoms with van der Waals surface area (Å²) in [6.45, 7) is 2.08. The van der Waals surface area contributed by atoms with Crippen molar-refractivity contribution < 1.29 is 14.3 Å². The molecule has 4 heteroatoms. The van der Waals surface area contributed by atoms with Crippen molar-refractivity contribution in [1.82, 2.24) is 0 Å². The number of rotatable bonds is 2. The van der Waals surface area contributed by atoms with Gasteiger partial charge in [0.1, 0.15) is 6.10 Å². The number of ether oxygens (including phenoxy) is 2. The minimum absolute atomic E-state index is 0.0568. The van der Waals surface area contributed by atoms with E-state index in [0.717, 1.165) is 25.7 Å². The van der Waals surface area contributed by atoms with Gasteiger partial charge in [-0.05, 0) is 32.6 Å². The van der Waals surface area contributed by atoms with Gasteiger partial charge in [-0.3, -0.25) is 0 Å². The Morgan fingerprint density at radius 2 is 2.07 bits per heavy atom. The van der Waals surface area contributed by atoms with Gasteiger partial charge in [-0.1, -0.05) is 0 Å². The van der Waals surface area contributed by atoms with Gasteiger partial charge in [0.25, 0.3) is 0 Å². The van der Waals surface area contributed by atoms with Gasteiger partial charge in [0.15, 0.2) is 0 Å².